The van der Waals surface area contributed by atoms with Gasteiger partial charge in [0.05, 0.1) is 33.2 Å². The van der Waals surface area contributed by atoms with Crippen LogP contribution in [0.2, 0.25) is 0 Å². The molecular formula is C17H12BrN5O3. The Hall–Kier alpha value is -3.20. The molecule has 2 aromatic heterocycles. The lowest BCUT2D eigenvalue weighted by Gasteiger charge is -2.13. The van der Waals surface area contributed by atoms with Crippen molar-refractivity contribution >= 4 is 33.6 Å². The van der Waals surface area contributed by atoms with Crippen molar-refractivity contribution in [2.45, 2.75) is 0 Å². The van der Waals surface area contributed by atoms with Gasteiger partial charge in [-0.05, 0) is 28.1 Å². The van der Waals surface area contributed by atoms with Crippen LogP contribution in [0.3, 0.4) is 0 Å². The molecule has 0 bridgehead atoms. The highest BCUT2D eigenvalue weighted by Gasteiger charge is 2.31. The quantitative estimate of drug-likeness (QED) is 0.617. The van der Waals surface area contributed by atoms with E-state index in [0.717, 1.165) is 21.8 Å². The Balaban J connectivity index is 1.95. The SMILES string of the molecule is Cn1ncc(Br)c1-c1cccc(-n2c(N)c3c(cc2=O)C(=O)NC3=O)c1. The van der Waals surface area contributed by atoms with Crippen LogP contribution in [-0.4, -0.2) is 26.2 Å². The Morgan fingerprint density at radius 3 is 2.62 bits per heavy atom. The Bertz CT molecular complexity index is 1140. The number of hydrogen-bond donors (Lipinski definition) is 2. The Labute approximate surface area is 155 Å². The maximum atomic E-state index is 12.5. The van der Waals surface area contributed by atoms with E-state index in [9.17, 15) is 14.4 Å². The van der Waals surface area contributed by atoms with Gasteiger partial charge in [-0.25, -0.2) is 0 Å². The number of nitrogens with two attached hydrogens (primary N) is 1. The first-order valence-corrected chi connectivity index (χ1v) is 8.37. The zero-order valence-electron chi connectivity index (χ0n) is 13.5. The minimum Gasteiger partial charge on any atom is -0.384 e. The molecule has 1 aliphatic rings. The first-order chi connectivity index (χ1) is 12.4. The number of rotatable bonds is 2. The molecule has 0 atom stereocenters. The molecule has 0 unspecified atom stereocenters. The summed E-state index contributed by atoms with van der Waals surface area (Å²) in [5.41, 5.74) is 7.71. The zero-order chi connectivity index (χ0) is 18.6. The number of halogens is 1. The van der Waals surface area contributed by atoms with Crippen LogP contribution < -0.4 is 16.6 Å². The van der Waals surface area contributed by atoms with Crippen molar-refractivity contribution in [1.29, 1.82) is 0 Å². The van der Waals surface area contributed by atoms with Crippen molar-refractivity contribution in [3.8, 4) is 16.9 Å². The largest absolute Gasteiger partial charge is 0.384 e. The Morgan fingerprint density at radius 1 is 1.15 bits per heavy atom. The Kier molecular flexibility index (Phi) is 3.55. The average molecular weight is 414 g/mol. The van der Waals surface area contributed by atoms with Crippen LogP contribution in [0.25, 0.3) is 16.9 Å². The maximum absolute atomic E-state index is 12.5. The number of benzene rings is 1. The number of aromatic nitrogens is 3. The van der Waals surface area contributed by atoms with Crippen LogP contribution in [0.4, 0.5) is 5.82 Å². The highest BCUT2D eigenvalue weighted by Crippen LogP contribution is 2.30. The summed E-state index contributed by atoms with van der Waals surface area (Å²) in [4.78, 5) is 36.3. The van der Waals surface area contributed by atoms with E-state index in [0.29, 0.717) is 5.69 Å². The molecule has 1 aromatic carbocycles. The standard InChI is InChI=1S/C17H12BrN5O3/c1-22-14(11(18)7-20-22)8-3-2-4-9(5-8)23-12(24)6-10-13(15(23)19)17(26)21-16(10)25/h2-7H,19H2,1H3,(H,21,25,26). The van der Waals surface area contributed by atoms with E-state index in [2.05, 4.69) is 26.3 Å². The molecule has 1 aliphatic heterocycles. The molecule has 9 heteroatoms. The minimum atomic E-state index is -0.617. The highest BCUT2D eigenvalue weighted by molar-refractivity contribution is 9.10. The minimum absolute atomic E-state index is 0.000663. The molecule has 3 N–H and O–H groups in total. The lowest BCUT2D eigenvalue weighted by molar-refractivity contribution is 0.0880. The molecule has 0 spiro atoms. The number of carbonyl (C=O) groups is 2. The number of pyridine rings is 1. The van der Waals surface area contributed by atoms with Crippen LogP contribution >= 0.6 is 15.9 Å². The summed E-state index contributed by atoms with van der Waals surface area (Å²) >= 11 is 3.45. The Morgan fingerprint density at radius 2 is 1.92 bits per heavy atom. The molecule has 0 radical (unpaired) electrons. The first-order valence-electron chi connectivity index (χ1n) is 7.58. The van der Waals surface area contributed by atoms with E-state index in [4.69, 9.17) is 5.73 Å². The summed E-state index contributed by atoms with van der Waals surface area (Å²) in [6, 6.07) is 8.23. The molecule has 2 amide bonds. The van der Waals surface area contributed by atoms with Gasteiger partial charge in [0.2, 0.25) is 0 Å². The summed E-state index contributed by atoms with van der Waals surface area (Å²) in [5.74, 6) is -1.30. The summed E-state index contributed by atoms with van der Waals surface area (Å²) in [5, 5.41) is 6.33. The highest BCUT2D eigenvalue weighted by atomic mass is 79.9. The first kappa shape index (κ1) is 16.3. The van der Waals surface area contributed by atoms with Crippen LogP contribution in [0, 0.1) is 0 Å². The number of nitrogens with one attached hydrogen (secondary N) is 1. The molecule has 3 aromatic rings. The molecule has 0 aliphatic carbocycles. The van der Waals surface area contributed by atoms with Crippen molar-refractivity contribution in [2.75, 3.05) is 5.73 Å². The van der Waals surface area contributed by atoms with Crippen molar-refractivity contribution in [3.63, 3.8) is 0 Å². The van der Waals surface area contributed by atoms with E-state index >= 15 is 0 Å². The number of amides is 2. The van der Waals surface area contributed by atoms with Gasteiger partial charge in [-0.1, -0.05) is 12.1 Å². The zero-order valence-corrected chi connectivity index (χ0v) is 15.1. The van der Waals surface area contributed by atoms with Gasteiger partial charge >= 0.3 is 0 Å². The number of nitrogen functional groups attached to an aromatic ring is 1. The summed E-state index contributed by atoms with van der Waals surface area (Å²) in [7, 11) is 1.80. The number of hydrogen-bond acceptors (Lipinski definition) is 5. The second-order valence-electron chi connectivity index (χ2n) is 5.79. The number of carbonyl (C=O) groups excluding carboxylic acids is 2. The molecular weight excluding hydrogens is 402 g/mol. The fourth-order valence-corrected chi connectivity index (χ4v) is 3.65. The normalized spacial score (nSPS) is 13.0. The summed E-state index contributed by atoms with van der Waals surface area (Å²) < 4.78 is 3.71. The van der Waals surface area contributed by atoms with Crippen LogP contribution in [0.5, 0.6) is 0 Å². The summed E-state index contributed by atoms with van der Waals surface area (Å²) in [6.07, 6.45) is 1.67. The number of imide groups is 1. The van der Waals surface area contributed by atoms with Gasteiger partial charge in [0, 0.05) is 18.7 Å². The van der Waals surface area contributed by atoms with Crippen molar-refractivity contribution < 1.29 is 9.59 Å². The van der Waals surface area contributed by atoms with Gasteiger partial charge in [-0.2, -0.15) is 5.10 Å². The molecule has 26 heavy (non-hydrogen) atoms. The van der Waals surface area contributed by atoms with Gasteiger partial charge in [0.15, 0.2) is 0 Å². The average Bonchev–Trinajstić information content (AvgIpc) is 3.06. The molecule has 4 rings (SSSR count). The molecule has 8 nitrogen and oxygen atoms in total. The van der Waals surface area contributed by atoms with Crippen molar-refractivity contribution in [1.82, 2.24) is 19.7 Å². The van der Waals surface area contributed by atoms with Crippen LogP contribution in [0.15, 0.2) is 45.8 Å². The number of anilines is 1. The van der Waals surface area contributed by atoms with Crippen molar-refractivity contribution in [3.05, 3.63) is 62.5 Å². The molecule has 130 valence electrons. The molecule has 0 fully saturated rings. The monoisotopic (exact) mass is 413 g/mol. The van der Waals surface area contributed by atoms with E-state index < -0.39 is 17.4 Å². The topological polar surface area (TPSA) is 112 Å². The maximum Gasteiger partial charge on any atom is 0.262 e. The van der Waals surface area contributed by atoms with E-state index in [1.807, 2.05) is 6.07 Å². The summed E-state index contributed by atoms with van der Waals surface area (Å²) in [6.45, 7) is 0. The second-order valence-corrected chi connectivity index (χ2v) is 6.64. The van der Waals surface area contributed by atoms with Gasteiger partial charge in [-0.15, -0.1) is 0 Å². The van der Waals surface area contributed by atoms with Crippen molar-refractivity contribution in [2.24, 2.45) is 7.05 Å². The predicted octanol–water partition coefficient (Wildman–Crippen LogP) is 1.47. The van der Waals surface area contributed by atoms with Gasteiger partial charge in [0.1, 0.15) is 5.82 Å². The third kappa shape index (κ3) is 2.28. The molecule has 0 saturated carbocycles. The molecule has 3 heterocycles. The number of aryl methyl sites for hydroxylation is 1. The van der Waals surface area contributed by atoms with E-state index in [-0.39, 0.29) is 16.9 Å². The lowest BCUT2D eigenvalue weighted by Crippen LogP contribution is -2.24. The van der Waals surface area contributed by atoms with Crippen LogP contribution in [0.1, 0.15) is 20.7 Å². The van der Waals surface area contributed by atoms with Crippen LogP contribution in [-0.2, 0) is 7.05 Å². The second kappa shape index (κ2) is 5.67. The van der Waals surface area contributed by atoms with E-state index in [1.54, 1.807) is 36.1 Å². The third-order valence-electron chi connectivity index (χ3n) is 4.23. The van der Waals surface area contributed by atoms with E-state index in [1.165, 1.54) is 4.57 Å². The van der Waals surface area contributed by atoms with Gasteiger partial charge in [0.25, 0.3) is 17.4 Å². The third-order valence-corrected chi connectivity index (χ3v) is 4.81. The molecule has 0 saturated heterocycles. The fourth-order valence-electron chi connectivity index (χ4n) is 3.07. The lowest BCUT2D eigenvalue weighted by atomic mass is 10.1. The smallest absolute Gasteiger partial charge is 0.262 e. The number of fused-ring (bicyclic) bond motifs is 1. The predicted molar refractivity (Wildman–Crippen MR) is 98.2 cm³/mol. The van der Waals surface area contributed by atoms with Gasteiger partial charge in [-0.3, -0.25) is 28.9 Å². The number of nitrogens with zero attached hydrogens (tertiary/aromatic N) is 3. The van der Waals surface area contributed by atoms with Gasteiger partial charge < -0.3 is 5.73 Å². The fraction of sp³-hybridized carbons (Fsp3) is 0.0588.